The largest absolute Gasteiger partial charge is 0.472 e. The molecule has 1 unspecified atom stereocenters. The smallest absolute Gasteiger partial charge is 0.347 e. The van der Waals surface area contributed by atoms with E-state index in [9.17, 15) is 9.36 Å². The summed E-state index contributed by atoms with van der Waals surface area (Å²) in [7, 11) is 1.08. The monoisotopic (exact) mass is 281 g/mol. The van der Waals surface area contributed by atoms with Gasteiger partial charge in [0.05, 0.1) is 27.2 Å². The van der Waals surface area contributed by atoms with Crippen LogP contribution in [-0.4, -0.2) is 62.7 Å². The number of carbonyl (C=O) groups is 1. The van der Waals surface area contributed by atoms with Gasteiger partial charge in [0, 0.05) is 7.11 Å². The lowest BCUT2D eigenvalue weighted by Gasteiger charge is -2.29. The van der Waals surface area contributed by atoms with Crippen LogP contribution in [0, 0.1) is 0 Å². The van der Waals surface area contributed by atoms with Crippen molar-refractivity contribution >= 4 is 13.7 Å². The van der Waals surface area contributed by atoms with Gasteiger partial charge in [0.15, 0.2) is 0 Å². The number of hydrogen-bond donors (Lipinski definition) is 2. The Bertz CT molecular complexity index is 332. The van der Waals surface area contributed by atoms with E-state index < -0.39 is 7.82 Å². The van der Waals surface area contributed by atoms with Gasteiger partial charge >= 0.3 is 7.82 Å². The lowest BCUT2D eigenvalue weighted by molar-refractivity contribution is -0.889. The Labute approximate surface area is 108 Å². The maximum atomic E-state index is 11.0. The molecule has 1 amide bonds. The second-order valence-corrected chi connectivity index (χ2v) is 5.92. The lowest BCUT2D eigenvalue weighted by atomic mass is 10.4. The highest BCUT2D eigenvalue weighted by Crippen LogP contribution is 2.41. The zero-order valence-electron chi connectivity index (χ0n) is 11.1. The lowest BCUT2D eigenvalue weighted by Crippen LogP contribution is -2.47. The second-order valence-electron chi connectivity index (χ2n) is 4.36. The summed E-state index contributed by atoms with van der Waals surface area (Å²) in [4.78, 5) is 20.0. The first-order valence-electron chi connectivity index (χ1n) is 5.48. The molecule has 0 aromatic carbocycles. The number of rotatable bonds is 9. The van der Waals surface area contributed by atoms with Crippen LogP contribution in [0.4, 0.5) is 0 Å². The molecule has 0 saturated heterocycles. The Kier molecular flexibility index (Phi) is 7.35. The third kappa shape index (κ3) is 8.38. The minimum Gasteiger partial charge on any atom is -0.347 e. The SMILES string of the molecule is C=CC(=O)NCC[N+](C)(C)CCOP(=O)(O)OC. The van der Waals surface area contributed by atoms with Gasteiger partial charge in [-0.15, -0.1) is 0 Å². The highest BCUT2D eigenvalue weighted by molar-refractivity contribution is 7.47. The minimum absolute atomic E-state index is 0.101. The summed E-state index contributed by atoms with van der Waals surface area (Å²) in [5.74, 6) is -0.217. The molecule has 0 bridgehead atoms. The van der Waals surface area contributed by atoms with Gasteiger partial charge in [-0.3, -0.25) is 13.8 Å². The van der Waals surface area contributed by atoms with E-state index in [-0.39, 0.29) is 12.5 Å². The molecule has 0 aliphatic rings. The van der Waals surface area contributed by atoms with Crippen LogP contribution in [0.25, 0.3) is 0 Å². The molecule has 0 rings (SSSR count). The first-order chi connectivity index (χ1) is 8.22. The van der Waals surface area contributed by atoms with Crippen molar-refractivity contribution in [1.82, 2.24) is 5.32 Å². The molecule has 1 atom stereocenters. The average molecular weight is 281 g/mol. The standard InChI is InChI=1S/C10H21N2O5P/c1-5-10(13)11-6-7-12(2,3)8-9-17-18(14,15)16-4/h5H,1,6-9H2,2-4H3,(H-,11,13,14,15)/p+1. The van der Waals surface area contributed by atoms with Crippen LogP contribution in [0.15, 0.2) is 12.7 Å². The van der Waals surface area contributed by atoms with E-state index in [0.29, 0.717) is 24.1 Å². The van der Waals surface area contributed by atoms with Crippen LogP contribution in [-0.2, 0) is 18.4 Å². The maximum Gasteiger partial charge on any atom is 0.472 e. The first kappa shape index (κ1) is 17.3. The highest BCUT2D eigenvalue weighted by Gasteiger charge is 2.21. The third-order valence-corrected chi connectivity index (χ3v) is 3.35. The molecule has 18 heavy (non-hydrogen) atoms. The molecule has 0 heterocycles. The summed E-state index contributed by atoms with van der Waals surface area (Å²) in [6.07, 6.45) is 1.21. The molecule has 0 spiro atoms. The quantitative estimate of drug-likeness (QED) is 0.356. The predicted molar refractivity (Wildman–Crippen MR) is 67.8 cm³/mol. The maximum absolute atomic E-state index is 11.0. The van der Waals surface area contributed by atoms with Crippen molar-refractivity contribution in [3.05, 3.63) is 12.7 Å². The summed E-state index contributed by atoms with van der Waals surface area (Å²) in [6, 6.07) is 0. The van der Waals surface area contributed by atoms with Gasteiger partial charge in [-0.2, -0.15) is 0 Å². The van der Waals surface area contributed by atoms with Gasteiger partial charge in [0.25, 0.3) is 0 Å². The normalized spacial score (nSPS) is 14.9. The highest BCUT2D eigenvalue weighted by atomic mass is 31.2. The van der Waals surface area contributed by atoms with Crippen LogP contribution in [0.3, 0.4) is 0 Å². The Morgan fingerprint density at radius 2 is 2.11 bits per heavy atom. The summed E-state index contributed by atoms with van der Waals surface area (Å²) >= 11 is 0. The van der Waals surface area contributed by atoms with Crippen LogP contribution in [0.5, 0.6) is 0 Å². The van der Waals surface area contributed by atoms with Gasteiger partial charge in [0.1, 0.15) is 13.2 Å². The molecule has 0 fully saturated rings. The Morgan fingerprint density at radius 1 is 1.50 bits per heavy atom. The molecule has 0 aromatic heterocycles. The van der Waals surface area contributed by atoms with Crippen molar-refractivity contribution in [2.75, 3.05) is 47.4 Å². The number of likely N-dealkylation sites (N-methyl/N-ethyl adjacent to an activating group) is 1. The number of phosphoric ester groups is 1. The third-order valence-electron chi connectivity index (χ3n) is 2.38. The fraction of sp³-hybridized carbons (Fsp3) is 0.700. The van der Waals surface area contributed by atoms with E-state index >= 15 is 0 Å². The molecule has 2 N–H and O–H groups in total. The molecule has 0 aromatic rings. The fourth-order valence-corrected chi connectivity index (χ4v) is 1.54. The van der Waals surface area contributed by atoms with Gasteiger partial charge < -0.3 is 14.7 Å². The van der Waals surface area contributed by atoms with Crippen LogP contribution < -0.4 is 5.32 Å². The molecule has 106 valence electrons. The first-order valence-corrected chi connectivity index (χ1v) is 6.97. The molecule has 7 nitrogen and oxygen atoms in total. The Morgan fingerprint density at radius 3 is 2.61 bits per heavy atom. The van der Waals surface area contributed by atoms with Gasteiger partial charge in [-0.05, 0) is 6.08 Å². The summed E-state index contributed by atoms with van der Waals surface area (Å²) in [6.45, 7) is 5.15. The van der Waals surface area contributed by atoms with Crippen molar-refractivity contribution in [3.8, 4) is 0 Å². The van der Waals surface area contributed by atoms with E-state index in [2.05, 4.69) is 16.4 Å². The van der Waals surface area contributed by atoms with Gasteiger partial charge in [-0.1, -0.05) is 6.58 Å². The van der Waals surface area contributed by atoms with Crippen molar-refractivity contribution < 1.29 is 27.8 Å². The Balaban J connectivity index is 3.90. The zero-order chi connectivity index (χ0) is 14.2. The average Bonchev–Trinajstić information content (AvgIpc) is 2.28. The van der Waals surface area contributed by atoms with E-state index in [0.717, 1.165) is 7.11 Å². The van der Waals surface area contributed by atoms with E-state index in [1.807, 2.05) is 14.1 Å². The molecule has 0 aliphatic heterocycles. The van der Waals surface area contributed by atoms with E-state index in [1.165, 1.54) is 6.08 Å². The van der Waals surface area contributed by atoms with Crippen LogP contribution in [0.1, 0.15) is 0 Å². The number of amides is 1. The molecule has 0 radical (unpaired) electrons. The molecule has 8 heteroatoms. The molecular formula is C10H22N2O5P+. The minimum atomic E-state index is -3.90. The van der Waals surface area contributed by atoms with Crippen molar-refractivity contribution in [3.63, 3.8) is 0 Å². The van der Waals surface area contributed by atoms with Crippen LogP contribution >= 0.6 is 7.82 Å². The van der Waals surface area contributed by atoms with Crippen molar-refractivity contribution in [2.45, 2.75) is 0 Å². The Hall–Kier alpha value is -0.720. The molecule has 0 aliphatic carbocycles. The van der Waals surface area contributed by atoms with Gasteiger partial charge in [0.2, 0.25) is 5.91 Å². The van der Waals surface area contributed by atoms with Crippen LogP contribution in [0.2, 0.25) is 0 Å². The van der Waals surface area contributed by atoms with E-state index in [4.69, 9.17) is 9.42 Å². The number of nitrogens with zero attached hydrogens (tertiary/aromatic N) is 1. The topological polar surface area (TPSA) is 84.9 Å². The van der Waals surface area contributed by atoms with Crippen molar-refractivity contribution in [1.29, 1.82) is 0 Å². The number of hydrogen-bond acceptors (Lipinski definition) is 4. The molecular weight excluding hydrogens is 259 g/mol. The number of carbonyl (C=O) groups excluding carboxylic acids is 1. The molecule has 0 saturated carbocycles. The number of phosphoric acid groups is 1. The van der Waals surface area contributed by atoms with Crippen molar-refractivity contribution in [2.24, 2.45) is 0 Å². The second kappa shape index (κ2) is 7.66. The number of nitrogens with one attached hydrogen (secondary N) is 1. The van der Waals surface area contributed by atoms with E-state index in [1.54, 1.807) is 0 Å². The fourth-order valence-electron chi connectivity index (χ4n) is 1.12. The zero-order valence-corrected chi connectivity index (χ0v) is 12.0. The number of quaternary nitrogens is 1. The predicted octanol–water partition coefficient (Wildman–Crippen LogP) is 0.128. The van der Waals surface area contributed by atoms with Gasteiger partial charge in [-0.25, -0.2) is 4.57 Å². The summed E-state index contributed by atoms with van der Waals surface area (Å²) < 4.78 is 20.6. The summed E-state index contributed by atoms with van der Waals surface area (Å²) in [5, 5.41) is 2.66. The summed E-state index contributed by atoms with van der Waals surface area (Å²) in [5.41, 5.74) is 0.